The van der Waals surface area contributed by atoms with Crippen molar-refractivity contribution in [2.24, 2.45) is 0 Å². The van der Waals surface area contributed by atoms with E-state index in [-0.39, 0.29) is 18.8 Å². The van der Waals surface area contributed by atoms with Crippen molar-refractivity contribution in [3.05, 3.63) is 29.3 Å². The molecule has 1 fully saturated rings. The molecule has 0 saturated carbocycles. The van der Waals surface area contributed by atoms with Crippen LogP contribution < -0.4 is 9.47 Å². The number of fused-ring (bicyclic) bond motifs is 1. The molecule has 0 radical (unpaired) electrons. The molecule has 4 rings (SSSR count). The average Bonchev–Trinajstić information content (AvgIpc) is 3.34. The summed E-state index contributed by atoms with van der Waals surface area (Å²) in [6, 6.07) is 5.71. The largest absolute Gasteiger partial charge is 0.468 e. The van der Waals surface area contributed by atoms with Gasteiger partial charge >= 0.3 is 5.97 Å². The van der Waals surface area contributed by atoms with Gasteiger partial charge in [0, 0.05) is 17.5 Å². The Labute approximate surface area is 144 Å². The molecule has 0 spiro atoms. The lowest BCUT2D eigenvalue weighted by Gasteiger charge is -2.21. The SMILES string of the molecule is COC(=O)C1CCCN1Cc1csc(-c2ccc3c(c2)OCO3)n1. The second kappa shape index (κ2) is 6.41. The third-order valence-corrected chi connectivity index (χ3v) is 5.31. The zero-order valence-electron chi connectivity index (χ0n) is 13.4. The Morgan fingerprint density at radius 2 is 2.29 bits per heavy atom. The quantitative estimate of drug-likeness (QED) is 0.793. The summed E-state index contributed by atoms with van der Waals surface area (Å²) in [7, 11) is 1.44. The minimum Gasteiger partial charge on any atom is -0.468 e. The van der Waals surface area contributed by atoms with Crippen molar-refractivity contribution in [3.8, 4) is 22.1 Å². The van der Waals surface area contributed by atoms with Gasteiger partial charge in [-0.2, -0.15) is 0 Å². The molecule has 1 aromatic heterocycles. The molecule has 3 heterocycles. The standard InChI is InChI=1S/C17H18N2O4S/c1-21-17(20)13-3-2-6-19(13)8-12-9-24-16(18-12)11-4-5-14-15(7-11)23-10-22-14/h4-5,7,9,13H,2-3,6,8,10H2,1H3. The van der Waals surface area contributed by atoms with Crippen molar-refractivity contribution in [1.29, 1.82) is 0 Å². The summed E-state index contributed by atoms with van der Waals surface area (Å²) < 4.78 is 15.7. The summed E-state index contributed by atoms with van der Waals surface area (Å²) in [5.74, 6) is 1.38. The Hall–Kier alpha value is -2.12. The van der Waals surface area contributed by atoms with Gasteiger partial charge < -0.3 is 14.2 Å². The van der Waals surface area contributed by atoms with E-state index in [9.17, 15) is 4.79 Å². The van der Waals surface area contributed by atoms with Gasteiger partial charge in [0.15, 0.2) is 11.5 Å². The lowest BCUT2D eigenvalue weighted by atomic mass is 10.2. The average molecular weight is 346 g/mol. The van der Waals surface area contributed by atoms with Gasteiger partial charge in [0.2, 0.25) is 6.79 Å². The monoisotopic (exact) mass is 346 g/mol. The zero-order chi connectivity index (χ0) is 16.5. The van der Waals surface area contributed by atoms with Gasteiger partial charge in [-0.3, -0.25) is 9.69 Å². The number of methoxy groups -OCH3 is 1. The number of hydrogen-bond donors (Lipinski definition) is 0. The number of carbonyl (C=O) groups is 1. The van der Waals surface area contributed by atoms with Gasteiger partial charge in [-0.25, -0.2) is 4.98 Å². The molecule has 24 heavy (non-hydrogen) atoms. The number of hydrogen-bond acceptors (Lipinski definition) is 7. The Bertz CT molecular complexity index is 761. The number of ether oxygens (including phenoxy) is 3. The van der Waals surface area contributed by atoms with E-state index in [4.69, 9.17) is 19.2 Å². The van der Waals surface area contributed by atoms with Crippen LogP contribution >= 0.6 is 11.3 Å². The highest BCUT2D eigenvalue weighted by atomic mass is 32.1. The van der Waals surface area contributed by atoms with Crippen LogP contribution in [0.4, 0.5) is 0 Å². The first kappa shape index (κ1) is 15.4. The molecule has 2 aliphatic rings. The third kappa shape index (κ3) is 2.85. The zero-order valence-corrected chi connectivity index (χ0v) is 14.2. The number of carbonyl (C=O) groups excluding carboxylic acids is 1. The van der Waals surface area contributed by atoms with E-state index in [0.717, 1.165) is 47.2 Å². The fraction of sp³-hybridized carbons (Fsp3) is 0.412. The van der Waals surface area contributed by atoms with Crippen LogP contribution in [0.3, 0.4) is 0 Å². The number of esters is 1. The maximum absolute atomic E-state index is 11.8. The van der Waals surface area contributed by atoms with Crippen LogP contribution in [0.15, 0.2) is 23.6 Å². The second-order valence-electron chi connectivity index (χ2n) is 5.86. The van der Waals surface area contributed by atoms with E-state index in [1.807, 2.05) is 23.6 Å². The molecule has 0 N–H and O–H groups in total. The van der Waals surface area contributed by atoms with E-state index in [0.29, 0.717) is 6.54 Å². The van der Waals surface area contributed by atoms with Crippen LogP contribution in [0, 0.1) is 0 Å². The van der Waals surface area contributed by atoms with E-state index in [2.05, 4.69) is 4.90 Å². The van der Waals surface area contributed by atoms with Crippen LogP contribution in [0.2, 0.25) is 0 Å². The molecular weight excluding hydrogens is 328 g/mol. The number of likely N-dealkylation sites (tertiary alicyclic amines) is 1. The maximum Gasteiger partial charge on any atom is 0.323 e. The normalized spacial score (nSPS) is 19.6. The van der Waals surface area contributed by atoms with Crippen LogP contribution in [-0.2, 0) is 16.1 Å². The first-order valence-corrected chi connectivity index (χ1v) is 8.79. The number of benzene rings is 1. The van der Waals surface area contributed by atoms with Crippen LogP contribution in [0.5, 0.6) is 11.5 Å². The molecule has 1 atom stereocenters. The number of thiazole rings is 1. The van der Waals surface area contributed by atoms with Crippen molar-refractivity contribution in [1.82, 2.24) is 9.88 Å². The predicted molar refractivity (Wildman–Crippen MR) is 89.1 cm³/mol. The maximum atomic E-state index is 11.8. The highest BCUT2D eigenvalue weighted by molar-refractivity contribution is 7.13. The second-order valence-corrected chi connectivity index (χ2v) is 6.72. The van der Waals surface area contributed by atoms with E-state index < -0.39 is 0 Å². The highest BCUT2D eigenvalue weighted by Crippen LogP contribution is 2.36. The molecular formula is C17H18N2O4S. The first-order valence-electron chi connectivity index (χ1n) is 7.91. The third-order valence-electron chi connectivity index (χ3n) is 4.37. The van der Waals surface area contributed by atoms with E-state index >= 15 is 0 Å². The fourth-order valence-electron chi connectivity index (χ4n) is 3.17. The molecule has 6 nitrogen and oxygen atoms in total. The number of nitrogens with zero attached hydrogens (tertiary/aromatic N) is 2. The van der Waals surface area contributed by atoms with Gasteiger partial charge in [0.25, 0.3) is 0 Å². The van der Waals surface area contributed by atoms with Crippen molar-refractivity contribution in [2.45, 2.75) is 25.4 Å². The van der Waals surface area contributed by atoms with Crippen LogP contribution in [-0.4, -0.2) is 42.3 Å². The summed E-state index contributed by atoms with van der Waals surface area (Å²) in [6.45, 7) is 1.84. The highest BCUT2D eigenvalue weighted by Gasteiger charge is 2.31. The molecule has 0 aliphatic carbocycles. The lowest BCUT2D eigenvalue weighted by molar-refractivity contribution is -0.146. The minimum absolute atomic E-state index is 0.148. The summed E-state index contributed by atoms with van der Waals surface area (Å²) in [5.41, 5.74) is 1.99. The summed E-state index contributed by atoms with van der Waals surface area (Å²) in [4.78, 5) is 18.7. The van der Waals surface area contributed by atoms with Crippen molar-refractivity contribution in [3.63, 3.8) is 0 Å². The molecule has 2 aromatic rings. The molecule has 2 aliphatic heterocycles. The van der Waals surface area contributed by atoms with Crippen molar-refractivity contribution >= 4 is 17.3 Å². The van der Waals surface area contributed by atoms with Crippen LogP contribution in [0.25, 0.3) is 10.6 Å². The summed E-state index contributed by atoms with van der Waals surface area (Å²) in [5, 5.41) is 2.99. The predicted octanol–water partition coefficient (Wildman–Crippen LogP) is 2.68. The van der Waals surface area contributed by atoms with Gasteiger partial charge in [-0.15, -0.1) is 11.3 Å². The summed E-state index contributed by atoms with van der Waals surface area (Å²) >= 11 is 1.60. The number of aromatic nitrogens is 1. The minimum atomic E-state index is -0.154. The molecule has 126 valence electrons. The van der Waals surface area contributed by atoms with Gasteiger partial charge in [-0.1, -0.05) is 0 Å². The Morgan fingerprint density at radius 1 is 1.42 bits per heavy atom. The van der Waals surface area contributed by atoms with Crippen molar-refractivity contribution in [2.75, 3.05) is 20.4 Å². The molecule has 1 aromatic carbocycles. The molecule has 7 heteroatoms. The topological polar surface area (TPSA) is 60.9 Å². The van der Waals surface area contributed by atoms with Gasteiger partial charge in [0.05, 0.1) is 12.8 Å². The first-order chi connectivity index (χ1) is 11.7. The Balaban J connectivity index is 1.50. The van der Waals surface area contributed by atoms with E-state index in [1.165, 1.54) is 7.11 Å². The number of rotatable bonds is 4. The Kier molecular flexibility index (Phi) is 4.12. The van der Waals surface area contributed by atoms with Gasteiger partial charge in [-0.05, 0) is 37.6 Å². The molecule has 0 amide bonds. The van der Waals surface area contributed by atoms with Crippen LogP contribution in [0.1, 0.15) is 18.5 Å². The van der Waals surface area contributed by atoms with E-state index in [1.54, 1.807) is 11.3 Å². The summed E-state index contributed by atoms with van der Waals surface area (Å²) in [6.07, 6.45) is 1.87. The lowest BCUT2D eigenvalue weighted by Crippen LogP contribution is -2.36. The Morgan fingerprint density at radius 3 is 3.17 bits per heavy atom. The smallest absolute Gasteiger partial charge is 0.323 e. The molecule has 1 saturated heterocycles. The molecule has 1 unspecified atom stereocenters. The van der Waals surface area contributed by atoms with Gasteiger partial charge in [0.1, 0.15) is 11.0 Å². The van der Waals surface area contributed by atoms with Crippen molar-refractivity contribution < 1.29 is 19.0 Å². The fourth-order valence-corrected chi connectivity index (χ4v) is 3.98. The molecule has 0 bridgehead atoms.